The van der Waals surface area contributed by atoms with Crippen molar-refractivity contribution in [2.45, 2.75) is 12.8 Å². The number of anilines is 1. The van der Waals surface area contributed by atoms with Gasteiger partial charge in [0.05, 0.1) is 11.6 Å². The second kappa shape index (κ2) is 8.39. The Balaban J connectivity index is 1.18. The number of nitrogens with one attached hydrogen (secondary N) is 1. The molecule has 7 nitrogen and oxygen atoms in total. The summed E-state index contributed by atoms with van der Waals surface area (Å²) in [7, 11) is 0. The van der Waals surface area contributed by atoms with Crippen molar-refractivity contribution in [1.29, 1.82) is 0 Å². The van der Waals surface area contributed by atoms with Crippen molar-refractivity contribution in [3.63, 3.8) is 0 Å². The van der Waals surface area contributed by atoms with E-state index in [0.717, 1.165) is 23.4 Å². The topological polar surface area (TPSA) is 80.8 Å². The lowest BCUT2D eigenvalue weighted by Crippen LogP contribution is -2.30. The molecule has 1 aromatic heterocycles. The Kier molecular flexibility index (Phi) is 5.30. The number of likely N-dealkylation sites (tertiary alicyclic amines) is 1. The lowest BCUT2D eigenvalue weighted by molar-refractivity contribution is -0.128. The molecule has 2 amide bonds. The number of nitrogens with zero attached hydrogens (tertiary/aromatic N) is 2. The predicted molar refractivity (Wildman–Crippen MR) is 117 cm³/mol. The number of carbonyl (C=O) groups is 2. The third-order valence-corrected chi connectivity index (χ3v) is 6.26. The number of aromatic nitrogens is 1. The van der Waals surface area contributed by atoms with Crippen LogP contribution in [0.4, 0.5) is 5.13 Å². The van der Waals surface area contributed by atoms with Crippen LogP contribution >= 0.6 is 11.3 Å². The molecular weight excluding hydrogens is 414 g/mol. The maximum absolute atomic E-state index is 12.7. The minimum Gasteiger partial charge on any atom is -0.454 e. The summed E-state index contributed by atoms with van der Waals surface area (Å²) >= 11 is 1.36. The monoisotopic (exact) mass is 435 g/mol. The molecule has 8 heteroatoms. The molecule has 0 spiro atoms. The van der Waals surface area contributed by atoms with Crippen LogP contribution in [0.3, 0.4) is 0 Å². The van der Waals surface area contributed by atoms with Gasteiger partial charge in [0.25, 0.3) is 0 Å². The standard InChI is InChI=1S/C23H21N3O4S/c27-21-11-17(12-26(21)9-8-15-4-2-1-3-5-15)22(28)25-23-24-18(13-31-23)16-6-7-19-20(10-16)30-14-29-19/h1-7,10,13,17H,8-9,11-12,14H2,(H,24,25,28). The molecule has 5 rings (SSSR count). The quantitative estimate of drug-likeness (QED) is 0.640. The van der Waals surface area contributed by atoms with Gasteiger partial charge in [-0.25, -0.2) is 4.98 Å². The molecule has 0 saturated carbocycles. The average molecular weight is 436 g/mol. The smallest absolute Gasteiger partial charge is 0.231 e. The lowest BCUT2D eigenvalue weighted by Gasteiger charge is -2.16. The highest BCUT2D eigenvalue weighted by molar-refractivity contribution is 7.14. The Morgan fingerprint density at radius 1 is 1.16 bits per heavy atom. The van der Waals surface area contributed by atoms with E-state index in [1.165, 1.54) is 16.9 Å². The van der Waals surface area contributed by atoms with Crippen LogP contribution in [-0.4, -0.2) is 41.6 Å². The van der Waals surface area contributed by atoms with E-state index in [1.54, 1.807) is 4.90 Å². The number of benzene rings is 2. The average Bonchev–Trinajstić information content (AvgIpc) is 3.52. The molecule has 2 aromatic carbocycles. The highest BCUT2D eigenvalue weighted by atomic mass is 32.1. The number of fused-ring (bicyclic) bond motifs is 1. The summed E-state index contributed by atoms with van der Waals surface area (Å²) in [6, 6.07) is 15.7. The van der Waals surface area contributed by atoms with E-state index in [-0.39, 0.29) is 30.9 Å². The Morgan fingerprint density at radius 3 is 2.87 bits per heavy atom. The van der Waals surface area contributed by atoms with Gasteiger partial charge in [0, 0.05) is 30.5 Å². The van der Waals surface area contributed by atoms with Crippen LogP contribution in [0.2, 0.25) is 0 Å². The van der Waals surface area contributed by atoms with Gasteiger partial charge in [-0.3, -0.25) is 9.59 Å². The summed E-state index contributed by atoms with van der Waals surface area (Å²) < 4.78 is 10.8. The van der Waals surface area contributed by atoms with Crippen LogP contribution in [0, 0.1) is 5.92 Å². The van der Waals surface area contributed by atoms with Crippen LogP contribution in [0.1, 0.15) is 12.0 Å². The van der Waals surface area contributed by atoms with Crippen LogP contribution in [0.15, 0.2) is 53.9 Å². The van der Waals surface area contributed by atoms with Gasteiger partial charge in [-0.15, -0.1) is 11.3 Å². The van der Waals surface area contributed by atoms with Crippen LogP contribution in [0.25, 0.3) is 11.3 Å². The van der Waals surface area contributed by atoms with Gasteiger partial charge in [-0.1, -0.05) is 30.3 Å². The van der Waals surface area contributed by atoms with Crippen molar-refractivity contribution in [3.05, 3.63) is 59.5 Å². The predicted octanol–water partition coefficient (Wildman–Crippen LogP) is 3.57. The van der Waals surface area contributed by atoms with Gasteiger partial charge in [-0.2, -0.15) is 0 Å². The number of thiazole rings is 1. The third kappa shape index (κ3) is 4.25. The van der Waals surface area contributed by atoms with E-state index in [1.807, 2.05) is 53.9 Å². The van der Waals surface area contributed by atoms with E-state index < -0.39 is 0 Å². The Hall–Kier alpha value is -3.39. The van der Waals surface area contributed by atoms with Crippen molar-refractivity contribution in [2.75, 3.05) is 25.2 Å². The fourth-order valence-corrected chi connectivity index (χ4v) is 4.52. The fraction of sp³-hybridized carbons (Fsp3) is 0.261. The molecule has 0 aliphatic carbocycles. The molecule has 1 fully saturated rings. The molecule has 1 N–H and O–H groups in total. The molecule has 1 unspecified atom stereocenters. The van der Waals surface area contributed by atoms with Gasteiger partial charge < -0.3 is 19.7 Å². The Morgan fingerprint density at radius 2 is 2.00 bits per heavy atom. The van der Waals surface area contributed by atoms with E-state index >= 15 is 0 Å². The molecular formula is C23H21N3O4S. The first kappa shape index (κ1) is 19.6. The number of amides is 2. The summed E-state index contributed by atoms with van der Waals surface area (Å²) in [4.78, 5) is 31.4. The number of ether oxygens (including phenoxy) is 2. The Labute approximate surface area is 183 Å². The van der Waals surface area contributed by atoms with E-state index in [9.17, 15) is 9.59 Å². The number of carbonyl (C=O) groups excluding carboxylic acids is 2. The second-order valence-electron chi connectivity index (χ2n) is 7.57. The molecule has 1 saturated heterocycles. The van der Waals surface area contributed by atoms with E-state index in [2.05, 4.69) is 10.3 Å². The molecule has 2 aliphatic rings. The van der Waals surface area contributed by atoms with E-state index in [4.69, 9.17) is 9.47 Å². The van der Waals surface area contributed by atoms with Gasteiger partial charge in [0.1, 0.15) is 0 Å². The maximum Gasteiger partial charge on any atom is 0.231 e. The van der Waals surface area contributed by atoms with Gasteiger partial charge >= 0.3 is 0 Å². The number of hydrogen-bond donors (Lipinski definition) is 1. The molecule has 3 heterocycles. The van der Waals surface area contributed by atoms with Crippen LogP contribution < -0.4 is 14.8 Å². The number of rotatable bonds is 6. The zero-order chi connectivity index (χ0) is 21.2. The second-order valence-corrected chi connectivity index (χ2v) is 8.43. The highest BCUT2D eigenvalue weighted by Crippen LogP contribution is 2.36. The van der Waals surface area contributed by atoms with Crippen molar-refractivity contribution in [3.8, 4) is 22.8 Å². The zero-order valence-electron chi connectivity index (χ0n) is 16.7. The van der Waals surface area contributed by atoms with Crippen LogP contribution in [-0.2, 0) is 16.0 Å². The normalized spacial score (nSPS) is 17.2. The minimum atomic E-state index is -0.360. The lowest BCUT2D eigenvalue weighted by atomic mass is 10.1. The minimum absolute atomic E-state index is 0.0243. The molecule has 1 atom stereocenters. The first-order chi connectivity index (χ1) is 15.2. The van der Waals surface area contributed by atoms with Gasteiger partial charge in [-0.05, 0) is 30.2 Å². The molecule has 158 valence electrons. The van der Waals surface area contributed by atoms with Crippen molar-refractivity contribution >= 4 is 28.3 Å². The summed E-state index contributed by atoms with van der Waals surface area (Å²) in [5.41, 5.74) is 2.83. The third-order valence-electron chi connectivity index (χ3n) is 5.50. The molecule has 0 bridgehead atoms. The van der Waals surface area contributed by atoms with E-state index in [0.29, 0.717) is 24.0 Å². The van der Waals surface area contributed by atoms with Gasteiger partial charge in [0.15, 0.2) is 16.6 Å². The zero-order valence-corrected chi connectivity index (χ0v) is 17.6. The van der Waals surface area contributed by atoms with Gasteiger partial charge in [0.2, 0.25) is 18.6 Å². The summed E-state index contributed by atoms with van der Waals surface area (Å²) in [6.45, 7) is 1.29. The summed E-state index contributed by atoms with van der Waals surface area (Å²) in [6.07, 6.45) is 1.02. The first-order valence-electron chi connectivity index (χ1n) is 10.1. The Bertz CT molecular complexity index is 1120. The maximum atomic E-state index is 12.7. The number of hydrogen-bond acceptors (Lipinski definition) is 6. The molecule has 2 aliphatic heterocycles. The molecule has 0 radical (unpaired) electrons. The van der Waals surface area contributed by atoms with Crippen molar-refractivity contribution < 1.29 is 19.1 Å². The first-order valence-corrected chi connectivity index (χ1v) is 11.0. The fourth-order valence-electron chi connectivity index (χ4n) is 3.80. The highest BCUT2D eigenvalue weighted by Gasteiger charge is 2.34. The van der Waals surface area contributed by atoms with Crippen LogP contribution in [0.5, 0.6) is 11.5 Å². The van der Waals surface area contributed by atoms with Crippen molar-refractivity contribution in [1.82, 2.24) is 9.88 Å². The molecule has 31 heavy (non-hydrogen) atoms. The SMILES string of the molecule is O=C(Nc1nc(-c2ccc3c(c2)OCO3)cs1)C1CC(=O)N(CCc2ccccc2)C1. The largest absolute Gasteiger partial charge is 0.454 e. The summed E-state index contributed by atoms with van der Waals surface area (Å²) in [5.74, 6) is 0.908. The molecule has 3 aromatic rings. The summed E-state index contributed by atoms with van der Waals surface area (Å²) in [5, 5.41) is 5.28. The van der Waals surface area contributed by atoms with Crippen molar-refractivity contribution in [2.24, 2.45) is 5.92 Å².